The summed E-state index contributed by atoms with van der Waals surface area (Å²) in [4.78, 5) is 0. The van der Waals surface area contributed by atoms with E-state index in [0.29, 0.717) is 11.8 Å². The van der Waals surface area contributed by atoms with Crippen molar-refractivity contribution in [3.8, 4) is 0 Å². The zero-order chi connectivity index (χ0) is 7.33. The summed E-state index contributed by atoms with van der Waals surface area (Å²) in [6.45, 7) is 5.83. The van der Waals surface area contributed by atoms with E-state index >= 15 is 0 Å². The average Bonchev–Trinajstić information content (AvgIpc) is 1.89. The number of rotatable bonds is 4. The zero-order valence-electron chi connectivity index (χ0n) is 5.79. The maximum atomic E-state index is 5.68. The van der Waals surface area contributed by atoms with Gasteiger partial charge < -0.3 is 0 Å². The van der Waals surface area contributed by atoms with E-state index in [9.17, 15) is 0 Å². The van der Waals surface area contributed by atoms with Crippen molar-refractivity contribution in [2.45, 2.75) is 19.8 Å². The van der Waals surface area contributed by atoms with Crippen molar-refractivity contribution in [3.63, 3.8) is 0 Å². The molecule has 0 aliphatic heterocycles. The molecule has 0 bridgehead atoms. The van der Waals surface area contributed by atoms with Crippen molar-refractivity contribution in [1.29, 1.82) is 0 Å². The predicted molar refractivity (Wildman–Crippen MR) is 44.1 cm³/mol. The van der Waals surface area contributed by atoms with Crippen LogP contribution in [-0.2, 0) is 0 Å². The Bertz CT molecular complexity index is 67.3. The van der Waals surface area contributed by atoms with Crippen LogP contribution in [0.15, 0.2) is 0 Å². The molecule has 0 amide bonds. The largest absolute Gasteiger partial charge is 0.126 e. The second-order valence-corrected chi connectivity index (χ2v) is 3.22. The Morgan fingerprint density at radius 1 is 1.33 bits per heavy atom. The van der Waals surface area contributed by atoms with Crippen LogP contribution in [0.1, 0.15) is 19.8 Å². The van der Waals surface area contributed by atoms with Crippen molar-refractivity contribution < 1.29 is 0 Å². The first kappa shape index (κ1) is 9.58. The minimum atomic E-state index is 0.102. The average molecular weight is 168 g/mol. The van der Waals surface area contributed by atoms with Crippen molar-refractivity contribution in [2.75, 3.05) is 11.8 Å². The monoisotopic (exact) mass is 167 g/mol. The molecule has 0 aromatic heterocycles. The van der Waals surface area contributed by atoms with Gasteiger partial charge in [-0.05, 0) is 11.8 Å². The molecule has 9 heavy (non-hydrogen) atoms. The molecular formula is C7H13Cl2. The lowest BCUT2D eigenvalue weighted by atomic mass is 9.90. The van der Waals surface area contributed by atoms with Gasteiger partial charge in [0, 0.05) is 11.8 Å². The summed E-state index contributed by atoms with van der Waals surface area (Å²) in [5.41, 5.74) is 0.102. The van der Waals surface area contributed by atoms with Gasteiger partial charge >= 0.3 is 0 Å². The molecule has 0 saturated heterocycles. The van der Waals surface area contributed by atoms with Crippen LogP contribution in [-0.4, -0.2) is 11.8 Å². The Hall–Kier alpha value is 0.580. The molecule has 0 heterocycles. The Morgan fingerprint density at radius 3 is 1.89 bits per heavy atom. The van der Waals surface area contributed by atoms with Gasteiger partial charge in [0.2, 0.25) is 0 Å². The van der Waals surface area contributed by atoms with Gasteiger partial charge in [-0.3, -0.25) is 0 Å². The van der Waals surface area contributed by atoms with Gasteiger partial charge in [-0.25, -0.2) is 0 Å². The highest BCUT2D eigenvalue weighted by molar-refractivity contribution is 6.21. The molecule has 0 fully saturated rings. The Kier molecular flexibility index (Phi) is 4.69. The normalized spacial score (nSPS) is 12.0. The molecule has 55 valence electrons. The summed E-state index contributed by atoms with van der Waals surface area (Å²) in [5, 5.41) is 0. The van der Waals surface area contributed by atoms with Gasteiger partial charge in [-0.15, -0.1) is 23.2 Å². The van der Waals surface area contributed by atoms with Gasteiger partial charge in [0.05, 0.1) is 0 Å². The molecule has 0 aromatic carbocycles. The Labute approximate surface area is 67.5 Å². The molecular weight excluding hydrogens is 155 g/mol. The molecule has 0 saturated carbocycles. The van der Waals surface area contributed by atoms with Crippen LogP contribution >= 0.6 is 23.2 Å². The first-order valence-electron chi connectivity index (χ1n) is 3.10. The smallest absolute Gasteiger partial charge is 0.0288 e. The summed E-state index contributed by atoms with van der Waals surface area (Å²) in [6, 6.07) is 0. The summed E-state index contributed by atoms with van der Waals surface area (Å²) in [7, 11) is 0. The molecule has 0 atom stereocenters. The van der Waals surface area contributed by atoms with E-state index in [0.717, 1.165) is 12.8 Å². The fourth-order valence-electron chi connectivity index (χ4n) is 0.596. The zero-order valence-corrected chi connectivity index (χ0v) is 7.30. The third-order valence-electron chi connectivity index (χ3n) is 1.43. The third-order valence-corrected chi connectivity index (χ3v) is 2.72. The highest BCUT2D eigenvalue weighted by Crippen LogP contribution is 2.25. The molecule has 0 spiro atoms. The quantitative estimate of drug-likeness (QED) is 0.566. The van der Waals surface area contributed by atoms with Gasteiger partial charge in [-0.1, -0.05) is 20.3 Å². The van der Waals surface area contributed by atoms with Crippen LogP contribution in [0.5, 0.6) is 0 Å². The lowest BCUT2D eigenvalue weighted by Gasteiger charge is -2.22. The molecule has 1 radical (unpaired) electrons. The minimum Gasteiger partial charge on any atom is -0.126 e. The molecule has 0 rings (SSSR count). The number of hydrogen-bond acceptors (Lipinski definition) is 0. The van der Waals surface area contributed by atoms with Crippen molar-refractivity contribution in [3.05, 3.63) is 6.92 Å². The van der Waals surface area contributed by atoms with Gasteiger partial charge in [0.25, 0.3) is 0 Å². The Morgan fingerprint density at radius 2 is 1.78 bits per heavy atom. The van der Waals surface area contributed by atoms with Crippen molar-refractivity contribution in [2.24, 2.45) is 5.41 Å². The highest BCUT2D eigenvalue weighted by atomic mass is 35.5. The lowest BCUT2D eigenvalue weighted by Crippen LogP contribution is -2.19. The van der Waals surface area contributed by atoms with E-state index in [4.69, 9.17) is 23.2 Å². The van der Waals surface area contributed by atoms with Gasteiger partial charge in [0.15, 0.2) is 0 Å². The van der Waals surface area contributed by atoms with Crippen LogP contribution in [0, 0.1) is 12.3 Å². The maximum absolute atomic E-state index is 5.68. The molecule has 2 heteroatoms. The van der Waals surface area contributed by atoms with Gasteiger partial charge in [0.1, 0.15) is 0 Å². The number of halogens is 2. The van der Waals surface area contributed by atoms with E-state index < -0.39 is 0 Å². The predicted octanol–water partition coefficient (Wildman–Crippen LogP) is 3.08. The van der Waals surface area contributed by atoms with Crippen LogP contribution in [0.4, 0.5) is 0 Å². The summed E-state index contributed by atoms with van der Waals surface area (Å²) < 4.78 is 0. The molecule has 0 nitrogen and oxygen atoms in total. The second kappa shape index (κ2) is 4.40. The SMILES string of the molecule is [CH2]CCC(C)(CCl)CCl. The maximum Gasteiger partial charge on any atom is 0.0288 e. The lowest BCUT2D eigenvalue weighted by molar-refractivity contribution is 0.394. The minimum absolute atomic E-state index is 0.102. The number of hydrogen-bond donors (Lipinski definition) is 0. The third kappa shape index (κ3) is 3.32. The van der Waals surface area contributed by atoms with Crippen molar-refractivity contribution >= 4 is 23.2 Å². The number of alkyl halides is 2. The standard InChI is InChI=1S/C7H13Cl2/c1-3-4-7(2,5-8)6-9/h1,3-6H2,2H3. The van der Waals surface area contributed by atoms with Crippen molar-refractivity contribution in [1.82, 2.24) is 0 Å². The van der Waals surface area contributed by atoms with Crippen LogP contribution in [0.3, 0.4) is 0 Å². The van der Waals surface area contributed by atoms with E-state index in [2.05, 4.69) is 13.8 Å². The molecule has 0 N–H and O–H groups in total. The fraction of sp³-hybridized carbons (Fsp3) is 0.857. The Balaban J connectivity index is 3.62. The van der Waals surface area contributed by atoms with Crippen LogP contribution < -0.4 is 0 Å². The molecule has 0 aliphatic rings. The topological polar surface area (TPSA) is 0 Å². The molecule has 0 unspecified atom stereocenters. The molecule has 0 aliphatic carbocycles. The first-order chi connectivity index (χ1) is 4.18. The highest BCUT2D eigenvalue weighted by Gasteiger charge is 2.19. The summed E-state index contributed by atoms with van der Waals surface area (Å²) in [6.07, 6.45) is 1.93. The molecule has 0 aromatic rings. The van der Waals surface area contributed by atoms with Crippen LogP contribution in [0.2, 0.25) is 0 Å². The van der Waals surface area contributed by atoms with E-state index in [1.165, 1.54) is 0 Å². The second-order valence-electron chi connectivity index (χ2n) is 2.68. The van der Waals surface area contributed by atoms with Gasteiger partial charge in [-0.2, -0.15) is 0 Å². The van der Waals surface area contributed by atoms with E-state index in [1.54, 1.807) is 0 Å². The van der Waals surface area contributed by atoms with Crippen LogP contribution in [0.25, 0.3) is 0 Å². The fourth-order valence-corrected chi connectivity index (χ4v) is 1.15. The summed E-state index contributed by atoms with van der Waals surface area (Å²) >= 11 is 11.4. The first-order valence-corrected chi connectivity index (χ1v) is 4.16. The van der Waals surface area contributed by atoms with E-state index in [1.807, 2.05) is 0 Å². The van der Waals surface area contributed by atoms with E-state index in [-0.39, 0.29) is 5.41 Å². The summed E-state index contributed by atoms with van der Waals surface area (Å²) in [5.74, 6) is 1.26.